The number of hydrogen-bond acceptors (Lipinski definition) is 3. The quantitative estimate of drug-likeness (QED) is 0.445. The Kier molecular flexibility index (Phi) is 4.93. The lowest BCUT2D eigenvalue weighted by molar-refractivity contribution is 0.756. The molecule has 1 heterocycles. The zero-order chi connectivity index (χ0) is 13.7. The van der Waals surface area contributed by atoms with Gasteiger partial charge in [0.05, 0.1) is 17.3 Å². The van der Waals surface area contributed by atoms with E-state index in [2.05, 4.69) is 20.6 Å². The fraction of sp³-hybridized carbons (Fsp3) is 0.417. The van der Waals surface area contributed by atoms with Crippen LogP contribution in [0.3, 0.4) is 0 Å². The molecule has 5 nitrogen and oxygen atoms in total. The third-order valence-corrected chi connectivity index (χ3v) is 3.16. The number of nitrogens with one attached hydrogen (secondary N) is 2. The Hall–Kier alpha value is -1.40. The van der Waals surface area contributed by atoms with Crippen molar-refractivity contribution in [2.75, 3.05) is 6.54 Å². The topological polar surface area (TPSA) is 75.3 Å². The smallest absolute Gasteiger partial charge is 0.197 e. The van der Waals surface area contributed by atoms with Crippen LogP contribution < -0.4 is 16.4 Å². The highest BCUT2D eigenvalue weighted by molar-refractivity contribution is 7.80. The molecular weight excluding hydrogens is 282 g/mol. The number of halogens is 1. The molecule has 0 bridgehead atoms. The number of nitrogens with zero attached hydrogens (tertiary/aromatic N) is 2. The first-order valence-corrected chi connectivity index (χ1v) is 6.88. The normalized spacial score (nSPS) is 15.1. The summed E-state index contributed by atoms with van der Waals surface area (Å²) in [6.45, 7) is 1.26. The second-order valence-corrected chi connectivity index (χ2v) is 5.26. The van der Waals surface area contributed by atoms with Crippen molar-refractivity contribution in [1.82, 2.24) is 15.6 Å². The molecule has 1 saturated carbocycles. The van der Waals surface area contributed by atoms with Gasteiger partial charge in [0.2, 0.25) is 0 Å². The molecule has 1 aromatic heterocycles. The Balaban J connectivity index is 1.97. The number of aromatic nitrogens is 1. The summed E-state index contributed by atoms with van der Waals surface area (Å²) in [6, 6.07) is 3.58. The van der Waals surface area contributed by atoms with E-state index < -0.39 is 0 Å². The molecule has 102 valence electrons. The summed E-state index contributed by atoms with van der Waals surface area (Å²) in [6.07, 6.45) is 4.22. The van der Waals surface area contributed by atoms with Gasteiger partial charge >= 0.3 is 0 Å². The summed E-state index contributed by atoms with van der Waals surface area (Å²) >= 11 is 10.9. The number of guanidine groups is 1. The van der Waals surface area contributed by atoms with E-state index in [0.29, 0.717) is 17.5 Å². The van der Waals surface area contributed by atoms with Crippen molar-refractivity contribution in [2.45, 2.75) is 19.4 Å². The van der Waals surface area contributed by atoms with Crippen LogP contribution in [0.25, 0.3) is 0 Å². The molecule has 0 aliphatic heterocycles. The zero-order valence-electron chi connectivity index (χ0n) is 10.4. The molecule has 0 spiro atoms. The second-order valence-electron chi connectivity index (χ2n) is 4.41. The Morgan fingerprint density at radius 1 is 1.58 bits per heavy atom. The van der Waals surface area contributed by atoms with Crippen molar-refractivity contribution < 1.29 is 0 Å². The molecule has 7 heteroatoms. The van der Waals surface area contributed by atoms with Crippen LogP contribution >= 0.6 is 23.8 Å². The number of pyridine rings is 1. The SMILES string of the molecule is NC(=S)NC(=NCc1ncccc1Cl)NCC1CC1. The largest absolute Gasteiger partial charge is 0.376 e. The lowest BCUT2D eigenvalue weighted by atomic mass is 10.3. The maximum Gasteiger partial charge on any atom is 0.197 e. The van der Waals surface area contributed by atoms with Crippen molar-refractivity contribution in [1.29, 1.82) is 0 Å². The number of hydrogen-bond donors (Lipinski definition) is 3. The Morgan fingerprint density at radius 3 is 3.00 bits per heavy atom. The minimum Gasteiger partial charge on any atom is -0.376 e. The van der Waals surface area contributed by atoms with Crippen LogP contribution in [0.5, 0.6) is 0 Å². The number of aliphatic imine (C=N–C) groups is 1. The molecule has 0 radical (unpaired) electrons. The van der Waals surface area contributed by atoms with Crippen molar-refractivity contribution >= 4 is 34.9 Å². The van der Waals surface area contributed by atoms with Crippen LogP contribution in [0.1, 0.15) is 18.5 Å². The van der Waals surface area contributed by atoms with Crippen LogP contribution in [0.2, 0.25) is 5.02 Å². The Bertz CT molecular complexity index is 487. The summed E-state index contributed by atoms with van der Waals surface area (Å²) in [7, 11) is 0. The van der Waals surface area contributed by atoms with Gasteiger partial charge in [0.15, 0.2) is 11.1 Å². The molecule has 0 atom stereocenters. The molecule has 0 saturated heterocycles. The molecule has 19 heavy (non-hydrogen) atoms. The average molecular weight is 298 g/mol. The third kappa shape index (κ3) is 5.00. The fourth-order valence-corrected chi connectivity index (χ4v) is 1.79. The van der Waals surface area contributed by atoms with Gasteiger partial charge in [-0.1, -0.05) is 11.6 Å². The molecule has 0 aromatic carbocycles. The Morgan fingerprint density at radius 2 is 2.37 bits per heavy atom. The Labute approximate surface area is 122 Å². The van der Waals surface area contributed by atoms with E-state index in [-0.39, 0.29) is 5.11 Å². The first-order chi connectivity index (χ1) is 9.15. The van der Waals surface area contributed by atoms with E-state index >= 15 is 0 Å². The van der Waals surface area contributed by atoms with Crippen molar-refractivity contribution in [3.63, 3.8) is 0 Å². The number of rotatable bonds is 4. The highest BCUT2D eigenvalue weighted by Gasteiger charge is 2.21. The minimum atomic E-state index is 0.189. The maximum atomic E-state index is 6.03. The predicted octanol–water partition coefficient (Wildman–Crippen LogP) is 1.42. The summed E-state index contributed by atoms with van der Waals surface area (Å²) < 4.78 is 0. The monoisotopic (exact) mass is 297 g/mol. The van der Waals surface area contributed by atoms with E-state index in [1.165, 1.54) is 12.8 Å². The molecule has 1 aromatic rings. The van der Waals surface area contributed by atoms with Gasteiger partial charge in [0.1, 0.15) is 0 Å². The van der Waals surface area contributed by atoms with Gasteiger partial charge in [-0.05, 0) is 43.1 Å². The zero-order valence-corrected chi connectivity index (χ0v) is 12.0. The van der Waals surface area contributed by atoms with Crippen LogP contribution in [0, 0.1) is 5.92 Å². The van der Waals surface area contributed by atoms with Crippen LogP contribution in [0.4, 0.5) is 0 Å². The number of nitrogens with two attached hydrogens (primary N) is 1. The summed E-state index contributed by atoms with van der Waals surface area (Å²) in [4.78, 5) is 8.55. The predicted molar refractivity (Wildman–Crippen MR) is 81.0 cm³/mol. The highest BCUT2D eigenvalue weighted by Crippen LogP contribution is 2.27. The second kappa shape index (κ2) is 6.68. The van der Waals surface area contributed by atoms with Crippen LogP contribution in [-0.4, -0.2) is 22.6 Å². The molecule has 4 N–H and O–H groups in total. The van der Waals surface area contributed by atoms with Gasteiger partial charge in [0.25, 0.3) is 0 Å². The fourth-order valence-electron chi connectivity index (χ4n) is 1.51. The van der Waals surface area contributed by atoms with E-state index in [4.69, 9.17) is 29.6 Å². The number of thiocarbonyl (C=S) groups is 1. The first kappa shape index (κ1) is 14.0. The van der Waals surface area contributed by atoms with Crippen LogP contribution in [-0.2, 0) is 6.54 Å². The average Bonchev–Trinajstić information content (AvgIpc) is 3.18. The molecule has 1 fully saturated rings. The lowest BCUT2D eigenvalue weighted by Crippen LogP contribution is -2.44. The van der Waals surface area contributed by atoms with E-state index in [1.54, 1.807) is 18.3 Å². The van der Waals surface area contributed by atoms with Gasteiger partial charge in [0, 0.05) is 12.7 Å². The molecule has 0 unspecified atom stereocenters. The molecular formula is C12H16ClN5S. The maximum absolute atomic E-state index is 6.03. The third-order valence-electron chi connectivity index (χ3n) is 2.72. The molecule has 1 aliphatic carbocycles. The van der Waals surface area contributed by atoms with E-state index in [1.807, 2.05) is 0 Å². The summed E-state index contributed by atoms with van der Waals surface area (Å²) in [5.41, 5.74) is 6.19. The van der Waals surface area contributed by atoms with Gasteiger partial charge < -0.3 is 16.4 Å². The van der Waals surface area contributed by atoms with Crippen molar-refractivity contribution in [2.24, 2.45) is 16.6 Å². The van der Waals surface area contributed by atoms with Gasteiger partial charge in [-0.15, -0.1) is 0 Å². The minimum absolute atomic E-state index is 0.189. The lowest BCUT2D eigenvalue weighted by Gasteiger charge is -2.10. The van der Waals surface area contributed by atoms with Gasteiger partial charge in [-0.2, -0.15) is 0 Å². The first-order valence-electron chi connectivity index (χ1n) is 6.09. The van der Waals surface area contributed by atoms with E-state index in [9.17, 15) is 0 Å². The summed E-state index contributed by atoms with van der Waals surface area (Å²) in [5.74, 6) is 1.30. The van der Waals surface area contributed by atoms with E-state index in [0.717, 1.165) is 18.2 Å². The van der Waals surface area contributed by atoms with Gasteiger partial charge in [-0.25, -0.2) is 4.99 Å². The van der Waals surface area contributed by atoms with Crippen molar-refractivity contribution in [3.05, 3.63) is 29.0 Å². The summed E-state index contributed by atoms with van der Waals surface area (Å²) in [5, 5.41) is 6.82. The highest BCUT2D eigenvalue weighted by atomic mass is 35.5. The van der Waals surface area contributed by atoms with Crippen LogP contribution in [0.15, 0.2) is 23.3 Å². The molecule has 2 rings (SSSR count). The van der Waals surface area contributed by atoms with Crippen molar-refractivity contribution in [3.8, 4) is 0 Å². The standard InChI is InChI=1S/C12H16ClN5S/c13-9-2-1-5-15-10(9)7-17-12(18-11(14)19)16-6-8-3-4-8/h1-2,5,8H,3-4,6-7H2,(H4,14,16,17,18,19). The van der Waals surface area contributed by atoms with Gasteiger partial charge in [-0.3, -0.25) is 4.98 Å². The molecule has 0 amide bonds. The molecule has 1 aliphatic rings.